The van der Waals surface area contributed by atoms with Gasteiger partial charge in [-0.1, -0.05) is 53.8 Å². The molecule has 0 radical (unpaired) electrons. The molecule has 0 unspecified atom stereocenters. The summed E-state index contributed by atoms with van der Waals surface area (Å²) in [5.41, 5.74) is -11.3. The maximum atomic E-state index is 15.4. The second-order valence-electron chi connectivity index (χ2n) is 13.4. The van der Waals surface area contributed by atoms with Crippen molar-refractivity contribution in [3.63, 3.8) is 0 Å². The average Bonchev–Trinajstić information content (AvgIpc) is 3.71. The first kappa shape index (κ1) is 46.2. The largest absolute Gasteiger partial charge is 0.278 e. The molecule has 0 bridgehead atoms. The van der Waals surface area contributed by atoms with Crippen molar-refractivity contribution in [1.29, 1.82) is 0 Å². The quantitative estimate of drug-likeness (QED) is 0.0532. The normalized spacial score (nSPS) is 11.7. The monoisotopic (exact) mass is 957 g/mol. The van der Waals surface area contributed by atoms with Crippen LogP contribution in [0.15, 0.2) is 72.2 Å². The summed E-state index contributed by atoms with van der Waals surface area (Å²) in [6.07, 6.45) is -7.22. The van der Waals surface area contributed by atoms with Gasteiger partial charge < -0.3 is 0 Å². The maximum Gasteiger partial charge on any atom is 0.278 e. The van der Waals surface area contributed by atoms with Crippen LogP contribution in [-0.2, 0) is 0 Å². The number of hydrogen-bond acceptors (Lipinski definition) is 2. The molecule has 8 aromatic rings. The highest BCUT2D eigenvalue weighted by Gasteiger charge is 2.52. The summed E-state index contributed by atoms with van der Waals surface area (Å²) in [6.45, 7) is 0. The lowest BCUT2D eigenvalue weighted by Gasteiger charge is -2.44. The third-order valence-electron chi connectivity index (χ3n) is 10.0. The van der Waals surface area contributed by atoms with Gasteiger partial charge in [0.15, 0.2) is 69.8 Å². The number of nitrogens with zero attached hydrogens (tertiary/aromatic N) is 1. The van der Waals surface area contributed by atoms with Gasteiger partial charge in [-0.2, -0.15) is 0 Å². The number of fused-ring (bicyclic) bond motifs is 2. The predicted molar refractivity (Wildman–Crippen MR) is 191 cm³/mol. The first-order valence-corrected chi connectivity index (χ1v) is 18.3. The van der Waals surface area contributed by atoms with E-state index in [1.165, 1.54) is 15.5 Å². The van der Waals surface area contributed by atoms with Crippen LogP contribution >= 0.6 is 11.3 Å². The van der Waals surface area contributed by atoms with Crippen LogP contribution in [0.2, 0.25) is 0 Å². The SMILES string of the molecule is Fc1c(F)c(F)c([B-](c2c(F)c(F)c(F)c(F)c2F)(c2c(F)c(F)c(F)c(F)c2F)c2c(F)c(F)c(F)c(F)c2F)c(F)c1F.c1ccc2cc(O[n+]3csc4ccccc43)ccc2c1. The van der Waals surface area contributed by atoms with Gasteiger partial charge in [0.1, 0.15) is 57.4 Å². The van der Waals surface area contributed by atoms with Gasteiger partial charge in [-0.15, -0.1) is 21.9 Å². The lowest BCUT2D eigenvalue weighted by molar-refractivity contribution is -0.851. The summed E-state index contributed by atoms with van der Waals surface area (Å²) in [6, 6.07) is 22.7. The Morgan fingerprint density at radius 3 is 1.02 bits per heavy atom. The Kier molecular flexibility index (Phi) is 12.0. The minimum Gasteiger partial charge on any atom is -0.230 e. The molecule has 1 heterocycles. The van der Waals surface area contributed by atoms with Crippen LogP contribution in [-0.4, -0.2) is 6.15 Å². The molecule has 8 rings (SSSR count). The molecule has 0 atom stereocenters. The zero-order valence-electron chi connectivity index (χ0n) is 30.8. The third-order valence-corrected chi connectivity index (χ3v) is 10.9. The number of benzene rings is 7. The summed E-state index contributed by atoms with van der Waals surface area (Å²) in [5.74, 6) is -70.6. The molecule has 0 N–H and O–H groups in total. The van der Waals surface area contributed by atoms with E-state index in [0.717, 1.165) is 11.3 Å². The van der Waals surface area contributed by atoms with Crippen LogP contribution in [0.3, 0.4) is 0 Å². The number of halogens is 20. The van der Waals surface area contributed by atoms with E-state index in [-0.39, 0.29) is 0 Å². The van der Waals surface area contributed by atoms with Crippen LogP contribution in [0.1, 0.15) is 0 Å². The zero-order chi connectivity index (χ0) is 47.7. The number of rotatable bonds is 6. The van der Waals surface area contributed by atoms with Crippen molar-refractivity contribution >= 4 is 60.3 Å². The van der Waals surface area contributed by atoms with Crippen molar-refractivity contribution in [2.75, 3.05) is 0 Å². The summed E-state index contributed by atoms with van der Waals surface area (Å²) in [4.78, 5) is 5.97. The Hall–Kier alpha value is -6.85. The highest BCUT2D eigenvalue weighted by molar-refractivity contribution is 7.20. The topological polar surface area (TPSA) is 13.1 Å². The molecule has 0 aliphatic carbocycles. The first-order chi connectivity index (χ1) is 30.6. The molecule has 0 fully saturated rings. The summed E-state index contributed by atoms with van der Waals surface area (Å²) >= 11 is 1.67. The smallest absolute Gasteiger partial charge is 0.230 e. The number of thiazole rings is 1. The molecule has 65 heavy (non-hydrogen) atoms. The fraction of sp³-hybridized carbons (Fsp3) is 0. The molecule has 24 heteroatoms. The Morgan fingerprint density at radius 2 is 0.646 bits per heavy atom. The van der Waals surface area contributed by atoms with Crippen molar-refractivity contribution < 1.29 is 97.4 Å². The van der Waals surface area contributed by atoms with Crippen molar-refractivity contribution in [3.05, 3.63) is 189 Å². The lowest BCUT2D eigenvalue weighted by Crippen LogP contribution is -2.81. The van der Waals surface area contributed by atoms with Gasteiger partial charge in [-0.05, 0) is 29.0 Å². The van der Waals surface area contributed by atoms with Crippen molar-refractivity contribution in [2.24, 2.45) is 0 Å². The Labute approximate surface area is 351 Å². The number of aromatic nitrogens is 1. The van der Waals surface area contributed by atoms with Gasteiger partial charge in [0.2, 0.25) is 5.75 Å². The maximum absolute atomic E-state index is 15.4. The van der Waals surface area contributed by atoms with E-state index >= 15 is 35.1 Å². The van der Waals surface area contributed by atoms with E-state index in [2.05, 4.69) is 36.4 Å². The first-order valence-electron chi connectivity index (χ1n) is 17.4. The molecule has 0 aliphatic heterocycles. The second kappa shape index (κ2) is 16.9. The van der Waals surface area contributed by atoms with Crippen molar-refractivity contribution in [2.45, 2.75) is 0 Å². The fourth-order valence-corrected chi connectivity index (χ4v) is 7.98. The highest BCUT2D eigenvalue weighted by Crippen LogP contribution is 2.31. The highest BCUT2D eigenvalue weighted by atomic mass is 32.1. The number of para-hydroxylation sites is 1. The van der Waals surface area contributed by atoms with Gasteiger partial charge in [-0.25, -0.2) is 92.6 Å². The van der Waals surface area contributed by atoms with Gasteiger partial charge >= 0.3 is 0 Å². The molecule has 7 aromatic carbocycles. The standard InChI is InChI=1S/C24BF20.C17H12NOS/c26-5-1(6(27)14(35)21(42)13(5)34)25(2-7(28)15(36)22(43)16(37)8(2)29,3-9(30)17(38)23(44)18(39)10(3)31)4-11(32)19(40)24(45)20(41)12(4)33;1-2-6-14-11-15(10-9-13(14)5-1)19-18-12-20-17-8-4-3-7-16(17)18/h;1-12H/q-1;+1. The number of hydrogen-bond donors (Lipinski definition) is 0. The molecule has 0 aliphatic rings. The molecule has 0 saturated carbocycles. The molecule has 0 spiro atoms. The van der Waals surface area contributed by atoms with Crippen LogP contribution in [0.4, 0.5) is 87.8 Å². The fourth-order valence-electron chi connectivity index (χ4n) is 7.18. The molecule has 0 amide bonds. The molecular weight excluding hydrogens is 945 g/mol. The Morgan fingerprint density at radius 1 is 0.338 bits per heavy atom. The summed E-state index contributed by atoms with van der Waals surface area (Å²) < 4.78 is 297. The van der Waals surface area contributed by atoms with Crippen LogP contribution in [0.5, 0.6) is 5.75 Å². The van der Waals surface area contributed by atoms with Gasteiger partial charge in [0.25, 0.3) is 11.0 Å². The molecule has 0 saturated heterocycles. The van der Waals surface area contributed by atoms with Crippen LogP contribution in [0.25, 0.3) is 21.0 Å². The zero-order valence-corrected chi connectivity index (χ0v) is 31.6. The van der Waals surface area contributed by atoms with E-state index in [1.54, 1.807) is 11.3 Å². The summed E-state index contributed by atoms with van der Waals surface area (Å²) in [7, 11) is 0. The van der Waals surface area contributed by atoms with Crippen LogP contribution in [0, 0.1) is 116 Å². The third kappa shape index (κ3) is 7.04. The average molecular weight is 957 g/mol. The molecule has 1 aromatic heterocycles. The van der Waals surface area contributed by atoms with Crippen molar-refractivity contribution in [3.8, 4) is 5.75 Å². The van der Waals surface area contributed by atoms with Gasteiger partial charge in [0.05, 0.1) is 0 Å². The Balaban J connectivity index is 0.000000258. The van der Waals surface area contributed by atoms with E-state index in [0.29, 0.717) is 0 Å². The predicted octanol–water partition coefficient (Wildman–Crippen LogP) is 10.0. The molecule has 336 valence electrons. The van der Waals surface area contributed by atoms with E-state index < -0.39 is 144 Å². The molecule has 2 nitrogen and oxygen atoms in total. The van der Waals surface area contributed by atoms with E-state index in [4.69, 9.17) is 4.84 Å². The Bertz CT molecular complexity index is 2890. The van der Waals surface area contributed by atoms with E-state index in [1.807, 2.05) is 40.6 Å². The van der Waals surface area contributed by atoms with E-state index in [9.17, 15) is 52.7 Å². The van der Waals surface area contributed by atoms with Gasteiger partial charge in [-0.3, -0.25) is 0 Å². The lowest BCUT2D eigenvalue weighted by atomic mass is 9.12. The minimum absolute atomic E-state index is 0.845. The van der Waals surface area contributed by atoms with Crippen molar-refractivity contribution in [1.82, 2.24) is 0 Å². The second-order valence-corrected chi connectivity index (χ2v) is 14.3. The van der Waals surface area contributed by atoms with Gasteiger partial charge in [0, 0.05) is 10.8 Å². The summed E-state index contributed by atoms with van der Waals surface area (Å²) in [5, 5.41) is 2.41. The molecular formula is C41H12BF20NOS. The van der Waals surface area contributed by atoms with Crippen LogP contribution < -0.4 is 31.4 Å². The minimum atomic E-state index is -7.22.